The van der Waals surface area contributed by atoms with Gasteiger partial charge in [0, 0.05) is 32.9 Å². The number of anilines is 6. The maximum Gasteiger partial charge on any atom is 0.247 e. The molecular formula is C62H44B2N2O2. The topological polar surface area (TPSA) is 32.8 Å². The SMILES string of the molecule is Cc1cc(C)c(B2c3cc4cc5oc6ccccc6c5cc4cc3N3c4cccc5c4N(c4cc6cc7c(cc6cc4B5c4c(C)cc(C)cc4C)oc4ccccc47)c4cccc2c43)c(C)c1. The van der Waals surface area contributed by atoms with E-state index in [4.69, 9.17) is 8.83 Å². The minimum atomic E-state index is -0.00794. The van der Waals surface area contributed by atoms with Crippen LogP contribution in [0.3, 0.4) is 0 Å². The number of nitrogens with zero attached hydrogens (tertiary/aromatic N) is 2. The van der Waals surface area contributed by atoms with Crippen molar-refractivity contribution >= 4 is 146 Å². The second-order valence-corrected chi connectivity index (χ2v) is 20.0. The lowest BCUT2D eigenvalue weighted by Crippen LogP contribution is -2.61. The van der Waals surface area contributed by atoms with Crippen LogP contribution in [-0.4, -0.2) is 13.4 Å². The molecule has 0 saturated carbocycles. The molecule has 6 heteroatoms. The molecule has 0 amide bonds. The van der Waals surface area contributed by atoms with Gasteiger partial charge >= 0.3 is 0 Å². The normalized spacial score (nSPS) is 13.6. The van der Waals surface area contributed by atoms with Crippen LogP contribution in [0.1, 0.15) is 33.4 Å². The Hall–Kier alpha value is -7.95. The van der Waals surface area contributed by atoms with Crippen LogP contribution in [0, 0.1) is 41.5 Å². The van der Waals surface area contributed by atoms with Crippen LogP contribution in [0.4, 0.5) is 34.1 Å². The minimum absolute atomic E-state index is 0.00794. The molecule has 4 nitrogen and oxygen atoms in total. The van der Waals surface area contributed by atoms with Gasteiger partial charge in [-0.15, -0.1) is 0 Å². The minimum Gasteiger partial charge on any atom is -0.456 e. The summed E-state index contributed by atoms with van der Waals surface area (Å²) in [5, 5.41) is 9.34. The highest BCUT2D eigenvalue weighted by Crippen LogP contribution is 2.55. The summed E-state index contributed by atoms with van der Waals surface area (Å²) < 4.78 is 13.0. The fourth-order valence-corrected chi connectivity index (χ4v) is 13.3. The molecule has 0 spiro atoms. The molecular weight excluding hydrogens is 826 g/mol. The number of benzene rings is 10. The Bertz CT molecular complexity index is 3950. The Morgan fingerprint density at radius 1 is 0.324 bits per heavy atom. The molecule has 3 aliphatic heterocycles. The van der Waals surface area contributed by atoms with Gasteiger partial charge in [0.25, 0.3) is 0 Å². The molecule has 68 heavy (non-hydrogen) atoms. The number of aryl methyl sites for hydroxylation is 6. The summed E-state index contributed by atoms with van der Waals surface area (Å²) in [5.41, 5.74) is 26.8. The lowest BCUT2D eigenvalue weighted by Gasteiger charge is -2.49. The van der Waals surface area contributed by atoms with Crippen molar-refractivity contribution in [3.05, 3.63) is 191 Å². The maximum absolute atomic E-state index is 6.52. The lowest BCUT2D eigenvalue weighted by atomic mass is 9.33. The molecule has 0 aliphatic carbocycles. The molecule has 0 radical (unpaired) electrons. The van der Waals surface area contributed by atoms with E-state index >= 15 is 0 Å². The molecule has 2 aromatic heterocycles. The fourth-order valence-electron chi connectivity index (χ4n) is 13.3. The molecule has 12 aromatic rings. The summed E-state index contributed by atoms with van der Waals surface area (Å²) in [4.78, 5) is 5.25. The molecule has 0 saturated heterocycles. The predicted octanol–water partition coefficient (Wildman–Crippen LogP) is 12.6. The van der Waals surface area contributed by atoms with Gasteiger partial charge in [0.1, 0.15) is 22.3 Å². The lowest BCUT2D eigenvalue weighted by molar-refractivity contribution is 0.669. The second kappa shape index (κ2) is 13.4. The zero-order chi connectivity index (χ0) is 45.4. The Balaban J connectivity index is 1.06. The van der Waals surface area contributed by atoms with Gasteiger partial charge in [-0.05, 0) is 146 Å². The number of rotatable bonds is 2. The highest BCUT2D eigenvalue weighted by Gasteiger charge is 2.47. The van der Waals surface area contributed by atoms with E-state index in [1.54, 1.807) is 0 Å². The zero-order valence-electron chi connectivity index (χ0n) is 38.9. The molecule has 0 N–H and O–H groups in total. The number of para-hydroxylation sites is 4. The monoisotopic (exact) mass is 870 g/mol. The zero-order valence-corrected chi connectivity index (χ0v) is 38.9. The molecule has 320 valence electrons. The van der Waals surface area contributed by atoms with Crippen LogP contribution in [0.25, 0.3) is 65.4 Å². The van der Waals surface area contributed by atoms with Gasteiger partial charge in [-0.3, -0.25) is 0 Å². The number of hydrogen-bond acceptors (Lipinski definition) is 4. The summed E-state index contributed by atoms with van der Waals surface area (Å²) in [6.07, 6.45) is 0. The molecule has 0 bridgehead atoms. The third-order valence-corrected chi connectivity index (χ3v) is 15.8. The molecule has 3 aliphatic rings. The van der Waals surface area contributed by atoms with E-state index in [2.05, 4.69) is 209 Å². The van der Waals surface area contributed by atoms with Gasteiger partial charge < -0.3 is 18.6 Å². The number of hydrogen-bond donors (Lipinski definition) is 0. The smallest absolute Gasteiger partial charge is 0.247 e. The number of fused-ring (bicyclic) bond motifs is 14. The molecule has 0 unspecified atom stereocenters. The first-order chi connectivity index (χ1) is 33.2. The van der Waals surface area contributed by atoms with Gasteiger partial charge in [0.2, 0.25) is 13.4 Å². The van der Waals surface area contributed by atoms with Crippen molar-refractivity contribution in [2.75, 3.05) is 9.80 Å². The third-order valence-electron chi connectivity index (χ3n) is 15.8. The first-order valence-electron chi connectivity index (χ1n) is 24.0. The Morgan fingerprint density at radius 2 is 0.721 bits per heavy atom. The van der Waals surface area contributed by atoms with Crippen LogP contribution < -0.4 is 42.6 Å². The molecule has 10 aromatic carbocycles. The summed E-state index contributed by atoms with van der Waals surface area (Å²) in [5.74, 6) is 0. The van der Waals surface area contributed by atoms with Crippen LogP contribution in [-0.2, 0) is 0 Å². The Morgan fingerprint density at radius 3 is 1.15 bits per heavy atom. The first kappa shape index (κ1) is 38.2. The molecule has 0 fully saturated rings. The van der Waals surface area contributed by atoms with Gasteiger partial charge in [0.05, 0.1) is 22.7 Å². The largest absolute Gasteiger partial charge is 0.456 e. The third kappa shape index (κ3) is 5.02. The van der Waals surface area contributed by atoms with E-state index in [-0.39, 0.29) is 13.4 Å². The summed E-state index contributed by atoms with van der Waals surface area (Å²) in [7, 11) is 0. The second-order valence-electron chi connectivity index (χ2n) is 20.0. The van der Waals surface area contributed by atoms with Crippen LogP contribution in [0.15, 0.2) is 167 Å². The van der Waals surface area contributed by atoms with E-state index in [1.165, 1.54) is 122 Å². The van der Waals surface area contributed by atoms with E-state index in [9.17, 15) is 0 Å². The van der Waals surface area contributed by atoms with Gasteiger partial charge in [-0.1, -0.05) is 141 Å². The van der Waals surface area contributed by atoms with Gasteiger partial charge in [0.15, 0.2) is 0 Å². The van der Waals surface area contributed by atoms with Gasteiger partial charge in [-0.25, -0.2) is 0 Å². The van der Waals surface area contributed by atoms with Crippen LogP contribution in [0.5, 0.6) is 0 Å². The summed E-state index contributed by atoms with van der Waals surface area (Å²) >= 11 is 0. The van der Waals surface area contributed by atoms with Crippen LogP contribution >= 0.6 is 0 Å². The Labute approximate surface area is 395 Å². The quantitative estimate of drug-likeness (QED) is 0.162. The average molecular weight is 871 g/mol. The number of furan rings is 2. The van der Waals surface area contributed by atoms with Crippen molar-refractivity contribution in [2.45, 2.75) is 41.5 Å². The molecule has 0 atom stereocenters. The first-order valence-corrected chi connectivity index (χ1v) is 24.0. The van der Waals surface area contributed by atoms with E-state index in [0.717, 1.165) is 43.9 Å². The standard InChI is InChI=1S/C62H44B2N2O2/c1-33-21-35(3)59(36(4)22-33)63-47-15-11-17-51-61(47)65(53-29-39-25-45-43-13-7-9-19-55(43)67-57(45)31-41(39)27-49(53)63)52-18-12-16-48-62(52)66(51)54-30-40-26-46-44-14-8-10-20-56(44)68-58(46)32-42(40)28-50(54)64(48)60-37(5)23-34(2)24-38(60)6/h7-32H,1-6H3. The summed E-state index contributed by atoms with van der Waals surface area (Å²) in [6, 6.07) is 59.6. The summed E-state index contributed by atoms with van der Waals surface area (Å²) in [6.45, 7) is 13.6. The highest BCUT2D eigenvalue weighted by molar-refractivity contribution is 7.00. The van der Waals surface area contributed by atoms with E-state index < -0.39 is 0 Å². The van der Waals surface area contributed by atoms with Crippen LogP contribution in [0.2, 0.25) is 0 Å². The van der Waals surface area contributed by atoms with Gasteiger partial charge in [-0.2, -0.15) is 0 Å². The van der Waals surface area contributed by atoms with Crippen molar-refractivity contribution in [1.29, 1.82) is 0 Å². The van der Waals surface area contributed by atoms with Crippen molar-refractivity contribution in [1.82, 2.24) is 0 Å². The molecule has 5 heterocycles. The maximum atomic E-state index is 6.52. The predicted molar refractivity (Wildman–Crippen MR) is 290 cm³/mol. The van der Waals surface area contributed by atoms with Crippen molar-refractivity contribution < 1.29 is 8.83 Å². The fraction of sp³-hybridized carbons (Fsp3) is 0.0968. The van der Waals surface area contributed by atoms with E-state index in [1.807, 2.05) is 0 Å². The van der Waals surface area contributed by atoms with Crippen molar-refractivity contribution in [3.8, 4) is 0 Å². The van der Waals surface area contributed by atoms with Crippen molar-refractivity contribution in [2.24, 2.45) is 0 Å². The average Bonchev–Trinajstić information content (AvgIpc) is 3.87. The Kier molecular flexibility index (Phi) is 7.50. The highest BCUT2D eigenvalue weighted by atomic mass is 16.3. The van der Waals surface area contributed by atoms with E-state index in [0.29, 0.717) is 0 Å². The molecule has 15 rings (SSSR count). The van der Waals surface area contributed by atoms with Crippen molar-refractivity contribution in [3.63, 3.8) is 0 Å².